The van der Waals surface area contributed by atoms with Crippen molar-refractivity contribution in [3.05, 3.63) is 59.0 Å². The second-order valence-corrected chi connectivity index (χ2v) is 7.34. The van der Waals surface area contributed by atoms with Crippen molar-refractivity contribution < 1.29 is 13.5 Å². The van der Waals surface area contributed by atoms with Gasteiger partial charge < -0.3 is 5.11 Å². The summed E-state index contributed by atoms with van der Waals surface area (Å²) in [4.78, 5) is 7.93. The Hall–Kier alpha value is -2.22. The van der Waals surface area contributed by atoms with Crippen molar-refractivity contribution in [3.8, 4) is 5.75 Å². The van der Waals surface area contributed by atoms with E-state index in [1.807, 2.05) is 0 Å². The van der Waals surface area contributed by atoms with E-state index in [2.05, 4.69) is 14.7 Å². The summed E-state index contributed by atoms with van der Waals surface area (Å²) in [6.45, 7) is 1.74. The highest BCUT2D eigenvalue weighted by Gasteiger charge is 2.23. The maximum Gasteiger partial charge on any atom is 0.244 e. The standard InChI is InChI=1S/C16H14ClN3O3S/c1-10-5-6-12-13(17)8-14(16(21)15(12)20-10)24(22,23)19-9-11-4-2-3-7-18-11/h2-8,19,21H,9H2,1H3. The molecule has 6 nitrogen and oxygen atoms in total. The first-order valence-corrected chi connectivity index (χ1v) is 8.93. The number of aromatic hydroxyl groups is 1. The highest BCUT2D eigenvalue weighted by molar-refractivity contribution is 7.89. The molecule has 0 unspecified atom stereocenters. The zero-order valence-corrected chi connectivity index (χ0v) is 14.3. The van der Waals surface area contributed by atoms with Gasteiger partial charge in [0.15, 0.2) is 5.75 Å². The lowest BCUT2D eigenvalue weighted by molar-refractivity contribution is 0.463. The lowest BCUT2D eigenvalue weighted by Crippen LogP contribution is -2.24. The number of phenols is 1. The number of rotatable bonds is 4. The van der Waals surface area contributed by atoms with Crippen molar-refractivity contribution in [2.75, 3.05) is 0 Å². The van der Waals surface area contributed by atoms with Crippen molar-refractivity contribution >= 4 is 32.5 Å². The van der Waals surface area contributed by atoms with E-state index >= 15 is 0 Å². The molecule has 0 aliphatic rings. The summed E-state index contributed by atoms with van der Waals surface area (Å²) in [5.74, 6) is -0.424. The molecule has 0 saturated carbocycles. The van der Waals surface area contributed by atoms with Crippen LogP contribution in [0.1, 0.15) is 11.4 Å². The monoisotopic (exact) mass is 363 g/mol. The predicted octanol–water partition coefficient (Wildman–Crippen LogP) is 2.78. The molecule has 0 aliphatic carbocycles. The van der Waals surface area contributed by atoms with Gasteiger partial charge in [-0.15, -0.1) is 0 Å². The number of aromatic nitrogens is 2. The van der Waals surface area contributed by atoms with Crippen molar-refractivity contribution in [2.24, 2.45) is 0 Å². The van der Waals surface area contributed by atoms with E-state index in [0.29, 0.717) is 16.8 Å². The van der Waals surface area contributed by atoms with Gasteiger partial charge in [-0.3, -0.25) is 4.98 Å². The van der Waals surface area contributed by atoms with E-state index in [-0.39, 0.29) is 22.0 Å². The number of benzene rings is 1. The summed E-state index contributed by atoms with van der Waals surface area (Å²) in [6, 6.07) is 9.84. The van der Waals surface area contributed by atoms with E-state index in [1.54, 1.807) is 43.5 Å². The van der Waals surface area contributed by atoms with Crippen LogP contribution in [0.3, 0.4) is 0 Å². The summed E-state index contributed by atoms with van der Waals surface area (Å²) in [5.41, 5.74) is 1.35. The van der Waals surface area contributed by atoms with Gasteiger partial charge in [0.1, 0.15) is 10.4 Å². The second-order valence-electron chi connectivity index (χ2n) is 5.20. The van der Waals surface area contributed by atoms with Crippen LogP contribution in [0, 0.1) is 6.92 Å². The minimum absolute atomic E-state index is 0.000481. The Bertz CT molecular complexity index is 1010. The number of hydrogen-bond donors (Lipinski definition) is 2. The lowest BCUT2D eigenvalue weighted by atomic mass is 10.2. The molecule has 124 valence electrons. The molecule has 2 N–H and O–H groups in total. The molecule has 0 atom stereocenters. The van der Waals surface area contributed by atoms with Gasteiger partial charge in [-0.25, -0.2) is 18.1 Å². The molecule has 0 saturated heterocycles. The Morgan fingerprint density at radius 1 is 1.25 bits per heavy atom. The molecule has 0 bridgehead atoms. The SMILES string of the molecule is Cc1ccc2c(Cl)cc(S(=O)(=O)NCc3ccccn3)c(O)c2n1. The molecule has 0 fully saturated rings. The van der Waals surface area contributed by atoms with Crippen molar-refractivity contribution in [3.63, 3.8) is 0 Å². The van der Waals surface area contributed by atoms with Crippen LogP contribution in [0.2, 0.25) is 5.02 Å². The minimum atomic E-state index is -3.98. The third-order valence-corrected chi connectivity index (χ3v) is 5.19. The molecular weight excluding hydrogens is 350 g/mol. The first-order chi connectivity index (χ1) is 11.4. The molecule has 0 radical (unpaired) electrons. The molecule has 0 aliphatic heterocycles. The Morgan fingerprint density at radius 2 is 2.04 bits per heavy atom. The summed E-state index contributed by atoms with van der Waals surface area (Å²) >= 11 is 6.15. The first-order valence-electron chi connectivity index (χ1n) is 7.07. The van der Waals surface area contributed by atoms with E-state index in [0.717, 1.165) is 0 Å². The topological polar surface area (TPSA) is 92.2 Å². The number of aryl methyl sites for hydroxylation is 1. The zero-order valence-electron chi connectivity index (χ0n) is 12.7. The number of sulfonamides is 1. The van der Waals surface area contributed by atoms with Crippen LogP contribution in [0.15, 0.2) is 47.5 Å². The highest BCUT2D eigenvalue weighted by atomic mass is 35.5. The fourth-order valence-electron chi connectivity index (χ4n) is 2.26. The third-order valence-electron chi connectivity index (χ3n) is 3.47. The maximum absolute atomic E-state index is 12.5. The molecule has 2 heterocycles. The molecule has 3 rings (SSSR count). The van der Waals surface area contributed by atoms with Gasteiger partial charge >= 0.3 is 0 Å². The fourth-order valence-corrected chi connectivity index (χ4v) is 3.71. The number of nitrogens with one attached hydrogen (secondary N) is 1. The smallest absolute Gasteiger partial charge is 0.244 e. The van der Waals surface area contributed by atoms with Crippen LogP contribution in [0.4, 0.5) is 0 Å². The molecule has 0 spiro atoms. The lowest BCUT2D eigenvalue weighted by Gasteiger charge is -2.11. The van der Waals surface area contributed by atoms with Gasteiger partial charge in [0.25, 0.3) is 0 Å². The summed E-state index contributed by atoms with van der Waals surface area (Å²) in [6.07, 6.45) is 1.57. The fraction of sp³-hybridized carbons (Fsp3) is 0.125. The van der Waals surface area contributed by atoms with Crippen LogP contribution in [-0.4, -0.2) is 23.5 Å². The van der Waals surface area contributed by atoms with Crippen LogP contribution < -0.4 is 4.72 Å². The van der Waals surface area contributed by atoms with Crippen molar-refractivity contribution in [1.82, 2.24) is 14.7 Å². The van der Waals surface area contributed by atoms with Crippen LogP contribution in [0.5, 0.6) is 5.75 Å². The number of pyridine rings is 2. The van der Waals surface area contributed by atoms with Crippen molar-refractivity contribution in [1.29, 1.82) is 0 Å². The molecular formula is C16H14ClN3O3S. The quantitative estimate of drug-likeness (QED) is 0.743. The Balaban J connectivity index is 2.03. The first kappa shape index (κ1) is 16.6. The number of fused-ring (bicyclic) bond motifs is 1. The maximum atomic E-state index is 12.5. The summed E-state index contributed by atoms with van der Waals surface area (Å²) < 4.78 is 27.4. The van der Waals surface area contributed by atoms with E-state index in [1.165, 1.54) is 6.07 Å². The molecule has 0 amide bonds. The Labute approximate surface area is 144 Å². The van der Waals surface area contributed by atoms with Gasteiger partial charge in [-0.1, -0.05) is 17.7 Å². The average Bonchev–Trinajstić information content (AvgIpc) is 2.57. The summed E-state index contributed by atoms with van der Waals surface area (Å²) in [5, 5.41) is 11.1. The van der Waals surface area contributed by atoms with Crippen molar-refractivity contribution in [2.45, 2.75) is 18.4 Å². The van der Waals surface area contributed by atoms with Crippen LogP contribution in [-0.2, 0) is 16.6 Å². The van der Waals surface area contributed by atoms with Crippen LogP contribution >= 0.6 is 11.6 Å². The molecule has 1 aromatic carbocycles. The minimum Gasteiger partial charge on any atom is -0.504 e. The Kier molecular flexibility index (Phi) is 4.40. The largest absolute Gasteiger partial charge is 0.504 e. The van der Waals surface area contributed by atoms with Crippen LogP contribution in [0.25, 0.3) is 10.9 Å². The van der Waals surface area contributed by atoms with Gasteiger partial charge in [0.2, 0.25) is 10.0 Å². The highest BCUT2D eigenvalue weighted by Crippen LogP contribution is 2.35. The summed E-state index contributed by atoms with van der Waals surface area (Å²) in [7, 11) is -3.98. The zero-order chi connectivity index (χ0) is 17.3. The van der Waals surface area contributed by atoms with E-state index < -0.39 is 15.8 Å². The Morgan fingerprint density at radius 3 is 2.75 bits per heavy atom. The van der Waals surface area contributed by atoms with Gasteiger partial charge in [0, 0.05) is 17.3 Å². The number of halogens is 1. The van der Waals surface area contributed by atoms with E-state index in [9.17, 15) is 13.5 Å². The molecule has 2 aromatic heterocycles. The second kappa shape index (κ2) is 6.35. The molecule has 3 aromatic rings. The third kappa shape index (κ3) is 3.19. The normalized spacial score (nSPS) is 11.8. The number of phenolic OH excluding ortho intramolecular Hbond substituents is 1. The molecule has 8 heteroatoms. The average molecular weight is 364 g/mol. The van der Waals surface area contributed by atoms with Gasteiger partial charge in [0.05, 0.1) is 17.3 Å². The van der Waals surface area contributed by atoms with Gasteiger partial charge in [-0.05, 0) is 37.3 Å². The van der Waals surface area contributed by atoms with E-state index in [4.69, 9.17) is 11.6 Å². The van der Waals surface area contributed by atoms with Gasteiger partial charge in [-0.2, -0.15) is 0 Å². The number of hydrogen-bond acceptors (Lipinski definition) is 5. The molecule has 24 heavy (non-hydrogen) atoms. The predicted molar refractivity (Wildman–Crippen MR) is 91.4 cm³/mol. The number of nitrogens with zero attached hydrogens (tertiary/aromatic N) is 2.